The van der Waals surface area contributed by atoms with Gasteiger partial charge in [0.25, 0.3) is 0 Å². The van der Waals surface area contributed by atoms with E-state index in [1.54, 1.807) is 60.7 Å². The van der Waals surface area contributed by atoms with Crippen LogP contribution in [0.3, 0.4) is 0 Å². The van der Waals surface area contributed by atoms with Gasteiger partial charge in [0.1, 0.15) is 0 Å². The minimum absolute atomic E-state index is 0. The van der Waals surface area contributed by atoms with E-state index in [9.17, 15) is 51.1 Å². The minimum Gasteiger partial charge on any atom is -0.873 e. The molecule has 2 radical (unpaired) electrons. The molecule has 0 spiro atoms. The van der Waals surface area contributed by atoms with Crippen molar-refractivity contribution in [1.82, 2.24) is 0 Å². The van der Waals surface area contributed by atoms with Crippen LogP contribution in [0.1, 0.15) is 0 Å². The molecule has 0 aromatic heterocycles. The Bertz CT molecular complexity index is 1080. The van der Waals surface area contributed by atoms with Gasteiger partial charge < -0.3 is 51.1 Å². The van der Waals surface area contributed by atoms with E-state index in [1.807, 2.05) is 0 Å². The van der Waals surface area contributed by atoms with Crippen molar-refractivity contribution in [2.75, 3.05) is 0 Å². The predicted octanol–water partition coefficient (Wildman–Crippen LogP) is -0.836. The summed E-state index contributed by atoms with van der Waals surface area (Å²) in [6.07, 6.45) is 0. The fourth-order valence-electron chi connectivity index (χ4n) is 2.25. The fourth-order valence-corrected chi connectivity index (χ4v) is 2.25. The van der Waals surface area contributed by atoms with Crippen LogP contribution in [-0.4, -0.2) is 0 Å². The largest absolute Gasteiger partial charge is 0.873 e. The van der Waals surface area contributed by atoms with E-state index in [2.05, 4.69) is 0 Å². The van der Waals surface area contributed by atoms with Crippen LogP contribution >= 0.6 is 0 Å². The van der Waals surface area contributed by atoms with Crippen molar-refractivity contribution in [3.8, 4) is 57.5 Å². The Morgan fingerprint density at radius 3 is 0.310 bits per heavy atom. The van der Waals surface area contributed by atoms with Crippen molar-refractivity contribution in [2.45, 2.75) is 0 Å². The molecule has 42 heavy (non-hydrogen) atoms. The summed E-state index contributed by atoms with van der Waals surface area (Å²) in [6, 6.07) is 28.0. The zero-order valence-corrected chi connectivity index (χ0v) is 24.3. The summed E-state index contributed by atoms with van der Waals surface area (Å²) in [5, 5.41) is 103. The van der Waals surface area contributed by atoms with Gasteiger partial charge in [0, 0.05) is 37.1 Å². The molecule has 12 heteroatoms. The van der Waals surface area contributed by atoms with Crippen molar-refractivity contribution in [3.63, 3.8) is 0 Å². The van der Waals surface area contributed by atoms with Gasteiger partial charge in [0.15, 0.2) is 0 Å². The zero-order valence-electron chi connectivity index (χ0n) is 21.5. The normalized spacial score (nSPS) is 8.57. The van der Waals surface area contributed by atoms with Crippen molar-refractivity contribution < 1.29 is 88.2 Å². The maximum absolute atomic E-state index is 10.3. The summed E-state index contributed by atoms with van der Waals surface area (Å²) in [5.41, 5.74) is 0. The van der Waals surface area contributed by atoms with Gasteiger partial charge in [-0.15, -0.1) is 57.5 Å². The molecule has 10 nitrogen and oxygen atoms in total. The molecule has 0 saturated heterocycles. The predicted molar refractivity (Wildman–Crippen MR) is 127 cm³/mol. The molecule has 0 amide bonds. The topological polar surface area (TPSA) is 231 Å². The van der Waals surface area contributed by atoms with Crippen LogP contribution in [0.15, 0.2) is 121 Å². The summed E-state index contributed by atoms with van der Waals surface area (Å²) in [6.45, 7) is 0. The summed E-state index contributed by atoms with van der Waals surface area (Å²) >= 11 is 0. The third-order valence-electron chi connectivity index (χ3n) is 4.25. The second-order valence-corrected chi connectivity index (χ2v) is 7.23. The van der Waals surface area contributed by atoms with E-state index in [4.69, 9.17) is 0 Å². The Hall–Kier alpha value is -4.73. The van der Waals surface area contributed by atoms with E-state index in [-0.39, 0.29) is 37.1 Å². The van der Waals surface area contributed by atoms with E-state index >= 15 is 0 Å². The summed E-state index contributed by atoms with van der Waals surface area (Å²) in [7, 11) is 0. The molecule has 5 rings (SSSR count). The smallest absolute Gasteiger partial charge is 0 e. The monoisotopic (exact) mass is 642 g/mol. The summed E-state index contributed by atoms with van der Waals surface area (Å²) in [5.74, 6) is -4.37. The Labute approximate surface area is 266 Å². The Balaban J connectivity index is 0. The molecule has 0 unspecified atom stereocenters. The molecule has 0 atom stereocenters. The fraction of sp³-hybridized carbons (Fsp3) is 0. The van der Waals surface area contributed by atoms with E-state index in [1.165, 1.54) is 60.7 Å². The molecule has 0 aliphatic carbocycles. The molecule has 0 heterocycles. The van der Waals surface area contributed by atoms with E-state index in [0.717, 1.165) is 0 Å². The third kappa shape index (κ3) is 16.4. The second-order valence-electron chi connectivity index (χ2n) is 7.23. The molecule has 5 aromatic rings. The van der Waals surface area contributed by atoms with Crippen LogP contribution < -0.4 is 51.1 Å². The van der Waals surface area contributed by atoms with Gasteiger partial charge in [-0.05, 0) is 0 Å². The Morgan fingerprint density at radius 1 is 0.190 bits per heavy atom. The van der Waals surface area contributed by atoms with Gasteiger partial charge >= 0.3 is 0 Å². The molecule has 0 N–H and O–H groups in total. The quantitative estimate of drug-likeness (QED) is 0.203. The maximum atomic E-state index is 10.3. The van der Waals surface area contributed by atoms with Gasteiger partial charge in [0.05, 0.1) is 0 Å². The molecule has 5 aromatic carbocycles. The minimum atomic E-state index is -0.437. The van der Waals surface area contributed by atoms with Crippen LogP contribution in [-0.2, 0) is 37.1 Å². The van der Waals surface area contributed by atoms with Gasteiger partial charge in [-0.3, -0.25) is 0 Å². The first-order valence-corrected chi connectivity index (χ1v) is 11.2. The van der Waals surface area contributed by atoms with Crippen LogP contribution in [0.4, 0.5) is 0 Å². The van der Waals surface area contributed by atoms with Gasteiger partial charge in [-0.2, -0.15) is 0 Å². The van der Waals surface area contributed by atoms with Crippen molar-refractivity contribution in [1.29, 1.82) is 0 Å². The van der Waals surface area contributed by atoms with Crippen LogP contribution in [0.5, 0.6) is 57.5 Å². The van der Waals surface area contributed by atoms with Gasteiger partial charge in [-0.25, -0.2) is 0 Å². The number of para-hydroxylation sites is 10. The Morgan fingerprint density at radius 2 is 0.262 bits per heavy atom. The van der Waals surface area contributed by atoms with Gasteiger partial charge in [-0.1, -0.05) is 121 Å². The van der Waals surface area contributed by atoms with Crippen molar-refractivity contribution in [2.24, 2.45) is 0 Å². The van der Waals surface area contributed by atoms with Crippen molar-refractivity contribution in [3.05, 3.63) is 121 Å². The van der Waals surface area contributed by atoms with Crippen LogP contribution in [0.25, 0.3) is 0 Å². The SMILES string of the molecule is [O-]c1ccccc1[O-].[O-]c1ccccc1[O-].[O-]c1ccccc1[O-].[O-]c1ccccc1[O-].[O-]c1ccccc1[O-].[V].[V]. The van der Waals surface area contributed by atoms with Crippen molar-refractivity contribution >= 4 is 0 Å². The average Bonchev–Trinajstić information content (AvgIpc) is 2.94. The molecule has 0 bridgehead atoms. The zero-order chi connectivity index (χ0) is 29.9. The van der Waals surface area contributed by atoms with Gasteiger partial charge in [0.2, 0.25) is 0 Å². The molecule has 220 valence electrons. The van der Waals surface area contributed by atoms with E-state index < -0.39 is 57.5 Å². The number of benzene rings is 5. The third-order valence-corrected chi connectivity index (χ3v) is 4.25. The second kappa shape index (κ2) is 22.0. The first-order chi connectivity index (χ1) is 19.0. The molecule has 0 aliphatic rings. The molecule has 0 saturated carbocycles. The van der Waals surface area contributed by atoms with Crippen LogP contribution in [0, 0.1) is 0 Å². The Kier molecular flexibility index (Phi) is 20.7. The molecular weight excluding hydrogens is 622 g/mol. The standard InChI is InChI=1S/5C6H6O2.2V/c5*7-5-3-1-2-4-6(5)8;;/h5*1-4,7-8H;;/p-10. The first kappa shape index (κ1) is 39.4. The average molecular weight is 642 g/mol. The first-order valence-electron chi connectivity index (χ1n) is 11.2. The number of hydrogen-bond donors (Lipinski definition) is 0. The maximum Gasteiger partial charge on any atom is 0 e. The molecule has 0 aliphatic heterocycles. The van der Waals surface area contributed by atoms with E-state index in [0.29, 0.717) is 0 Å². The summed E-state index contributed by atoms with van der Waals surface area (Å²) < 4.78 is 0. The van der Waals surface area contributed by atoms with Crippen LogP contribution in [0.2, 0.25) is 0 Å². The molecule has 0 fully saturated rings. The molecular formula is C30H20O10V2-10. The number of hydrogen-bond acceptors (Lipinski definition) is 10. The number of rotatable bonds is 0. The summed E-state index contributed by atoms with van der Waals surface area (Å²) in [4.78, 5) is 0.